The molecule has 7 nitrogen and oxygen atoms in total. The molecule has 2 atom stereocenters. The molecule has 100 valence electrons. The molecule has 8 heteroatoms. The van der Waals surface area contributed by atoms with Gasteiger partial charge in [0.15, 0.2) is 0 Å². The Kier molecular flexibility index (Phi) is 3.93. The van der Waals surface area contributed by atoms with Gasteiger partial charge < -0.3 is 15.1 Å². The molecule has 1 aliphatic rings. The van der Waals surface area contributed by atoms with Gasteiger partial charge in [-0.15, -0.1) is 6.58 Å². The van der Waals surface area contributed by atoms with E-state index in [0.29, 0.717) is 18.3 Å². The van der Waals surface area contributed by atoms with Gasteiger partial charge in [-0.2, -0.15) is 0 Å². The topological polar surface area (TPSA) is 81.5 Å². The minimum absolute atomic E-state index is 0.174. The molecule has 1 N–H and O–H groups in total. The van der Waals surface area contributed by atoms with Gasteiger partial charge in [0.1, 0.15) is 6.67 Å². The van der Waals surface area contributed by atoms with E-state index in [4.69, 9.17) is 4.74 Å². The van der Waals surface area contributed by atoms with Gasteiger partial charge in [-0.1, -0.05) is 16.3 Å². The van der Waals surface area contributed by atoms with Crippen LogP contribution in [0.15, 0.2) is 12.7 Å². The quantitative estimate of drug-likeness (QED) is 0.478. The average molecular weight is 272 g/mol. The number of aliphatic hydroxyl groups excluding tert-OH is 1. The van der Waals surface area contributed by atoms with Gasteiger partial charge in [0, 0.05) is 17.9 Å². The van der Waals surface area contributed by atoms with Gasteiger partial charge in [-0.3, -0.25) is 4.65 Å². The Balaban J connectivity index is 2.12. The summed E-state index contributed by atoms with van der Waals surface area (Å²) in [7, 11) is 1.47. The van der Waals surface area contributed by atoms with Crippen molar-refractivity contribution in [2.24, 2.45) is 0 Å². The lowest BCUT2D eigenvalue weighted by Crippen LogP contribution is -2.48. The van der Waals surface area contributed by atoms with E-state index in [1.807, 2.05) is 4.90 Å². The van der Waals surface area contributed by atoms with E-state index in [1.165, 1.54) is 7.11 Å². The zero-order chi connectivity index (χ0) is 13.2. The second-order valence-electron chi connectivity index (χ2n) is 4.13. The first-order chi connectivity index (χ1) is 8.60. The molecule has 0 amide bonds. The number of hydrogen-bond acceptors (Lipinski definition) is 7. The highest BCUT2D eigenvalue weighted by molar-refractivity contribution is 7.16. The molecule has 1 aromatic rings. The second-order valence-corrected chi connectivity index (χ2v) is 5.05. The van der Waals surface area contributed by atoms with Crippen LogP contribution in [0, 0.1) is 5.21 Å². The van der Waals surface area contributed by atoms with Crippen LogP contribution in [-0.4, -0.2) is 53.3 Å². The molecule has 0 saturated carbocycles. The van der Waals surface area contributed by atoms with Crippen LogP contribution in [0.1, 0.15) is 6.42 Å². The lowest BCUT2D eigenvalue weighted by atomic mass is 10.4. The molecule has 0 aliphatic carbocycles. The Morgan fingerprint density at radius 2 is 2.50 bits per heavy atom. The minimum atomic E-state index is -1.03. The highest BCUT2D eigenvalue weighted by atomic mass is 32.1. The van der Waals surface area contributed by atoms with Crippen LogP contribution >= 0.6 is 11.3 Å². The first-order valence-electron chi connectivity index (χ1n) is 5.58. The smallest absolute Gasteiger partial charge is 0.313 e. The summed E-state index contributed by atoms with van der Waals surface area (Å²) >= 11 is 1.07. The van der Waals surface area contributed by atoms with Gasteiger partial charge in [-0.05, 0) is 6.42 Å². The van der Waals surface area contributed by atoms with Crippen LogP contribution in [0.25, 0.3) is 0 Å². The Hall–Kier alpha value is -1.06. The number of methoxy groups -OCH3 is 1. The summed E-state index contributed by atoms with van der Waals surface area (Å²) in [4.78, 5) is 1.90. The van der Waals surface area contributed by atoms with Crippen molar-refractivity contribution < 1.29 is 9.84 Å². The molecular weight excluding hydrogens is 256 g/mol. The molecule has 18 heavy (non-hydrogen) atoms. The molecule has 2 unspecified atom stereocenters. The van der Waals surface area contributed by atoms with Crippen molar-refractivity contribution >= 4 is 16.5 Å². The molecule has 0 spiro atoms. The number of hydrogen-bond donors (Lipinski definition) is 1. The largest absolute Gasteiger partial charge is 0.623 e. The molecule has 1 aromatic heterocycles. The molecule has 0 radical (unpaired) electrons. The van der Waals surface area contributed by atoms with Crippen LogP contribution < -0.4 is 9.38 Å². The number of β-amino-alcohol motifs (C(OH)–C–C–N with tert-alkyl or cyclic N) is 1. The maximum atomic E-state index is 12.6. The summed E-state index contributed by atoms with van der Waals surface area (Å²) in [6, 6.07) is 0. The van der Waals surface area contributed by atoms with Gasteiger partial charge in [-0.25, -0.2) is 4.90 Å². The number of aliphatic hydroxyl groups is 1. The summed E-state index contributed by atoms with van der Waals surface area (Å²) in [5, 5.41) is 30.6. The number of quaternary nitrogens is 1. The fourth-order valence-electron chi connectivity index (χ4n) is 1.87. The first kappa shape index (κ1) is 13.4. The van der Waals surface area contributed by atoms with Gasteiger partial charge in [0.25, 0.3) is 5.19 Å². The van der Waals surface area contributed by atoms with Crippen molar-refractivity contribution in [1.82, 2.24) is 19.7 Å². The summed E-state index contributed by atoms with van der Waals surface area (Å²) in [6.45, 7) is 4.85. The second kappa shape index (κ2) is 5.29. The predicted molar refractivity (Wildman–Crippen MR) is 68.9 cm³/mol. The Bertz CT molecular complexity index is 427. The fourth-order valence-corrected chi connectivity index (χ4v) is 2.61. The van der Waals surface area contributed by atoms with Crippen molar-refractivity contribution in [1.29, 1.82) is 0 Å². The molecule has 0 bridgehead atoms. The van der Waals surface area contributed by atoms with Gasteiger partial charge in [0.2, 0.25) is 6.23 Å². The van der Waals surface area contributed by atoms with Crippen molar-refractivity contribution in [3.8, 4) is 5.19 Å². The Morgan fingerprint density at radius 1 is 1.72 bits per heavy atom. The molecule has 1 aliphatic heterocycles. The Morgan fingerprint density at radius 3 is 3.11 bits per heavy atom. The maximum absolute atomic E-state index is 12.6. The van der Waals surface area contributed by atoms with Gasteiger partial charge >= 0.3 is 5.13 Å². The van der Waals surface area contributed by atoms with E-state index in [9.17, 15) is 10.3 Å². The normalized spacial score (nSPS) is 28.5. The summed E-state index contributed by atoms with van der Waals surface area (Å²) < 4.78 is 4.04. The van der Waals surface area contributed by atoms with Gasteiger partial charge in [0.05, 0.1) is 13.7 Å². The predicted octanol–water partition coefficient (Wildman–Crippen LogP) is 0.519. The Labute approximate surface area is 109 Å². The zero-order valence-corrected chi connectivity index (χ0v) is 11.0. The molecule has 2 heterocycles. The van der Waals surface area contributed by atoms with Crippen LogP contribution in [0.4, 0.5) is 5.13 Å². The number of nitrogens with zero attached hydrogens (tertiary/aromatic N) is 4. The average Bonchev–Trinajstić information content (AvgIpc) is 2.93. The lowest BCUT2D eigenvalue weighted by molar-refractivity contribution is 0.0843. The third-order valence-electron chi connectivity index (χ3n) is 2.86. The maximum Gasteiger partial charge on any atom is 0.313 e. The zero-order valence-electron chi connectivity index (χ0n) is 10.2. The van der Waals surface area contributed by atoms with E-state index >= 15 is 0 Å². The summed E-state index contributed by atoms with van der Waals surface area (Å²) in [5.74, 6) is 0. The molecule has 1 fully saturated rings. The van der Waals surface area contributed by atoms with E-state index in [2.05, 4.69) is 16.8 Å². The third kappa shape index (κ3) is 2.38. The fraction of sp³-hybridized carbons (Fsp3) is 0.600. The van der Waals surface area contributed by atoms with Crippen molar-refractivity contribution in [3.63, 3.8) is 0 Å². The van der Waals surface area contributed by atoms with Crippen molar-refractivity contribution in [3.05, 3.63) is 17.9 Å². The monoisotopic (exact) mass is 272 g/mol. The van der Waals surface area contributed by atoms with Crippen LogP contribution in [0.5, 0.6) is 5.19 Å². The highest BCUT2D eigenvalue weighted by Crippen LogP contribution is 2.35. The summed E-state index contributed by atoms with van der Waals surface area (Å²) in [5.41, 5.74) is 0. The van der Waals surface area contributed by atoms with Crippen LogP contribution in [-0.2, 0) is 0 Å². The van der Waals surface area contributed by atoms with E-state index in [1.54, 1.807) is 6.08 Å². The highest BCUT2D eigenvalue weighted by Gasteiger charge is 2.42. The van der Waals surface area contributed by atoms with E-state index < -0.39 is 10.9 Å². The molecule has 0 aromatic carbocycles. The lowest BCUT2D eigenvalue weighted by Gasteiger charge is -2.36. The standard InChI is InChI=1S/C10H16N4O3S/c1-3-4-5-13-6-8(15)14(16,7-13)9-11-12-10(17-2)18-9/h3,8,15H,1,4-7H2,2H3. The third-order valence-corrected chi connectivity index (χ3v) is 3.85. The molecule has 1 saturated heterocycles. The van der Waals surface area contributed by atoms with Crippen molar-refractivity contribution in [2.75, 3.05) is 26.9 Å². The van der Waals surface area contributed by atoms with Crippen LogP contribution in [0.3, 0.4) is 0 Å². The molecule has 2 rings (SSSR count). The first-order valence-corrected chi connectivity index (χ1v) is 6.40. The van der Waals surface area contributed by atoms with Crippen molar-refractivity contribution in [2.45, 2.75) is 12.6 Å². The van der Waals surface area contributed by atoms with Crippen LogP contribution in [0.2, 0.25) is 0 Å². The van der Waals surface area contributed by atoms with E-state index in [0.717, 1.165) is 17.8 Å². The van der Waals surface area contributed by atoms with E-state index in [-0.39, 0.29) is 11.8 Å². The molecular formula is C10H16N4O3S. The minimum Gasteiger partial charge on any atom is -0.623 e. The number of ether oxygens (including phenoxy) is 1. The number of hydroxylamine groups is 2. The SMILES string of the molecule is C=CCCN1CC(O)[N+]([O-])(c2nnc(OC)s2)C1. The number of rotatable bonds is 5. The number of aromatic nitrogens is 2. The summed E-state index contributed by atoms with van der Waals surface area (Å²) in [6.07, 6.45) is 1.54.